The lowest BCUT2D eigenvalue weighted by molar-refractivity contribution is -0.118. The molecule has 35 heavy (non-hydrogen) atoms. The normalized spacial score (nSPS) is 30.4. The van der Waals surface area contributed by atoms with Crippen LogP contribution in [0.3, 0.4) is 0 Å². The van der Waals surface area contributed by atoms with E-state index in [2.05, 4.69) is 24.0 Å². The van der Waals surface area contributed by atoms with E-state index >= 15 is 0 Å². The van der Waals surface area contributed by atoms with Crippen molar-refractivity contribution in [3.05, 3.63) is 63.0 Å². The Morgan fingerprint density at radius 2 is 1.89 bits per heavy atom. The number of rotatable bonds is 4. The number of aliphatic hydroxyl groups excluding tert-OH is 1. The van der Waals surface area contributed by atoms with E-state index in [0.717, 1.165) is 41.8 Å². The number of Topliss-reactive ketones (excluding diaryl/α,β-unsaturated/α-hetero) is 1. The first-order valence-electron chi connectivity index (χ1n) is 12.5. The number of phenols is 1. The number of primary amides is 1. The van der Waals surface area contributed by atoms with Crippen LogP contribution in [0.4, 0.5) is 0 Å². The Morgan fingerprint density at radius 3 is 2.51 bits per heavy atom. The molecule has 1 aromatic rings. The summed E-state index contributed by atoms with van der Waals surface area (Å²) in [6, 6.07) is 2.05. The third-order valence-electron chi connectivity index (χ3n) is 8.63. The first kappa shape index (κ1) is 23.8. The zero-order valence-corrected chi connectivity index (χ0v) is 20.6. The zero-order valence-electron chi connectivity index (χ0n) is 20.6. The van der Waals surface area contributed by atoms with Crippen LogP contribution in [0.1, 0.15) is 60.7 Å². The van der Waals surface area contributed by atoms with Crippen LogP contribution in [-0.2, 0) is 24.2 Å². The molecule has 1 amide bonds. The number of amides is 1. The minimum Gasteiger partial charge on any atom is -0.512 e. The number of fused-ring (bicyclic) bond motifs is 3. The van der Waals surface area contributed by atoms with Crippen molar-refractivity contribution in [3.8, 4) is 5.75 Å². The van der Waals surface area contributed by atoms with Gasteiger partial charge in [0.15, 0.2) is 5.78 Å². The van der Waals surface area contributed by atoms with Gasteiger partial charge in [-0.15, -0.1) is 0 Å². The molecule has 0 radical (unpaired) electrons. The fourth-order valence-electron chi connectivity index (χ4n) is 7.30. The maximum absolute atomic E-state index is 14.0. The van der Waals surface area contributed by atoms with E-state index in [0.29, 0.717) is 30.5 Å². The van der Waals surface area contributed by atoms with Crippen LogP contribution in [0.25, 0.3) is 0 Å². The summed E-state index contributed by atoms with van der Waals surface area (Å²) < 4.78 is 0. The molecule has 0 fully saturated rings. The summed E-state index contributed by atoms with van der Waals surface area (Å²) in [7, 11) is 0. The first-order chi connectivity index (χ1) is 16.6. The third kappa shape index (κ3) is 3.55. The lowest BCUT2D eigenvalue weighted by Gasteiger charge is -2.49. The maximum Gasteiger partial charge on any atom is 0.250 e. The Labute approximate surface area is 205 Å². The van der Waals surface area contributed by atoms with Crippen molar-refractivity contribution in [3.63, 3.8) is 0 Å². The van der Waals surface area contributed by atoms with Crippen molar-refractivity contribution < 1.29 is 24.9 Å². The number of aliphatic hydroxyl groups is 2. The molecule has 1 aromatic carbocycles. The van der Waals surface area contributed by atoms with E-state index in [-0.39, 0.29) is 41.1 Å². The molecule has 0 bridgehead atoms. The van der Waals surface area contributed by atoms with Crippen LogP contribution in [0, 0.1) is 17.8 Å². The topological polar surface area (TPSA) is 124 Å². The SMILES string of the molecule is CCc1cc(CN2CC=CC2)c(O)c2c1CC1CC3CC(O)=C(C(N)=O)C(C)(O)C3C(C)=C1C2=O. The van der Waals surface area contributed by atoms with Gasteiger partial charge < -0.3 is 21.1 Å². The van der Waals surface area contributed by atoms with Gasteiger partial charge in [0.1, 0.15) is 17.1 Å². The average Bonchev–Trinajstić information content (AvgIpc) is 3.27. The molecule has 5 N–H and O–H groups in total. The van der Waals surface area contributed by atoms with Crippen molar-refractivity contribution in [2.75, 3.05) is 13.1 Å². The van der Waals surface area contributed by atoms with E-state index in [9.17, 15) is 24.9 Å². The van der Waals surface area contributed by atoms with E-state index < -0.39 is 17.4 Å². The molecule has 0 aromatic heterocycles. The van der Waals surface area contributed by atoms with Crippen LogP contribution in [0.5, 0.6) is 5.75 Å². The molecular formula is C28H34N2O5. The number of nitrogens with two attached hydrogens (primary N) is 1. The van der Waals surface area contributed by atoms with Gasteiger partial charge >= 0.3 is 0 Å². The first-order valence-corrected chi connectivity index (χ1v) is 12.5. The Morgan fingerprint density at radius 1 is 1.20 bits per heavy atom. The third-order valence-corrected chi connectivity index (χ3v) is 8.63. The number of hydrogen-bond acceptors (Lipinski definition) is 6. The van der Waals surface area contributed by atoms with Gasteiger partial charge in [0.2, 0.25) is 0 Å². The average molecular weight is 479 g/mol. The summed E-state index contributed by atoms with van der Waals surface area (Å²) >= 11 is 0. The molecule has 7 nitrogen and oxygen atoms in total. The van der Waals surface area contributed by atoms with Gasteiger partial charge in [-0.1, -0.05) is 30.7 Å². The molecule has 4 aliphatic rings. The molecule has 0 spiro atoms. The number of ketones is 1. The summed E-state index contributed by atoms with van der Waals surface area (Å²) in [4.78, 5) is 28.3. The molecular weight excluding hydrogens is 444 g/mol. The largest absolute Gasteiger partial charge is 0.512 e. The second kappa shape index (κ2) is 8.35. The minimum atomic E-state index is -1.68. The fourth-order valence-corrected chi connectivity index (χ4v) is 7.30. The van der Waals surface area contributed by atoms with Crippen LogP contribution in [0.2, 0.25) is 0 Å². The van der Waals surface area contributed by atoms with Crippen molar-refractivity contribution in [1.29, 1.82) is 0 Å². The zero-order chi connectivity index (χ0) is 25.2. The van der Waals surface area contributed by atoms with Gasteiger partial charge in [-0.05, 0) is 56.1 Å². The summed E-state index contributed by atoms with van der Waals surface area (Å²) in [5.74, 6) is -1.82. The molecule has 3 aliphatic carbocycles. The van der Waals surface area contributed by atoms with Crippen molar-refractivity contribution in [2.24, 2.45) is 23.5 Å². The highest BCUT2D eigenvalue weighted by molar-refractivity contribution is 6.14. The van der Waals surface area contributed by atoms with Gasteiger partial charge in [0, 0.05) is 43.1 Å². The predicted molar refractivity (Wildman–Crippen MR) is 132 cm³/mol. The molecule has 1 aliphatic heterocycles. The molecule has 4 unspecified atom stereocenters. The van der Waals surface area contributed by atoms with Crippen molar-refractivity contribution in [2.45, 2.75) is 58.6 Å². The summed E-state index contributed by atoms with van der Waals surface area (Å²) in [6.07, 6.45) is 6.45. The minimum absolute atomic E-state index is 0.0562. The van der Waals surface area contributed by atoms with E-state index in [1.807, 2.05) is 13.0 Å². The van der Waals surface area contributed by atoms with Gasteiger partial charge in [0.05, 0.1) is 11.1 Å². The van der Waals surface area contributed by atoms with Gasteiger partial charge in [-0.25, -0.2) is 0 Å². The van der Waals surface area contributed by atoms with E-state index in [1.54, 1.807) is 0 Å². The Bertz CT molecular complexity index is 1210. The Hall–Kier alpha value is -2.90. The number of benzene rings is 1. The molecule has 5 rings (SSSR count). The molecule has 0 saturated heterocycles. The van der Waals surface area contributed by atoms with Crippen LogP contribution in [0.15, 0.2) is 40.7 Å². The van der Waals surface area contributed by atoms with Crippen molar-refractivity contribution >= 4 is 11.7 Å². The smallest absolute Gasteiger partial charge is 0.250 e. The standard InChI is InChI=1S/C28H34N2O5/c1-4-15-9-18(13-30-7-5-6-8-30)25(32)22-19(15)11-16-10-17-12-20(31)24(27(29)34)28(3,35)23(17)14(2)21(16)26(22)33/h5-6,9,16-17,23,31-32,35H,4,7-8,10-13H2,1-3H3,(H2,29,34). The van der Waals surface area contributed by atoms with Crippen molar-refractivity contribution in [1.82, 2.24) is 4.90 Å². The van der Waals surface area contributed by atoms with Gasteiger partial charge in [0.25, 0.3) is 5.91 Å². The number of carbonyl (C=O) groups excluding carboxylic acids is 2. The molecule has 4 atom stereocenters. The Balaban J connectivity index is 1.62. The quantitative estimate of drug-likeness (QED) is 0.493. The van der Waals surface area contributed by atoms with Crippen LogP contribution in [-0.4, -0.2) is 50.6 Å². The lowest BCUT2D eigenvalue weighted by Crippen LogP contribution is -2.52. The van der Waals surface area contributed by atoms with E-state index in [1.165, 1.54) is 6.92 Å². The number of phenolic OH excluding ortho intramolecular Hbond substituents is 1. The monoisotopic (exact) mass is 478 g/mol. The highest BCUT2D eigenvalue weighted by Crippen LogP contribution is 2.54. The number of hydrogen-bond donors (Lipinski definition) is 4. The van der Waals surface area contributed by atoms with Crippen LogP contribution < -0.4 is 5.73 Å². The number of aromatic hydroxyl groups is 1. The van der Waals surface area contributed by atoms with Gasteiger partial charge in [-0.3, -0.25) is 14.5 Å². The number of nitrogens with zero attached hydrogens (tertiary/aromatic N) is 1. The molecule has 186 valence electrons. The second-order valence-electron chi connectivity index (χ2n) is 10.8. The van der Waals surface area contributed by atoms with E-state index in [4.69, 9.17) is 5.73 Å². The highest BCUT2D eigenvalue weighted by atomic mass is 16.3. The maximum atomic E-state index is 14.0. The predicted octanol–water partition coefficient (Wildman–Crippen LogP) is 3.09. The number of allylic oxidation sites excluding steroid dienone is 2. The van der Waals surface area contributed by atoms with Crippen LogP contribution >= 0.6 is 0 Å². The number of carbonyl (C=O) groups is 2. The highest BCUT2D eigenvalue weighted by Gasteiger charge is 2.53. The summed E-state index contributed by atoms with van der Waals surface area (Å²) in [5, 5.41) is 33.3. The second-order valence-corrected chi connectivity index (χ2v) is 10.8. The fraction of sp³-hybridized carbons (Fsp3) is 0.500. The molecule has 7 heteroatoms. The Kier molecular flexibility index (Phi) is 5.68. The number of aryl methyl sites for hydroxylation is 1. The summed E-state index contributed by atoms with van der Waals surface area (Å²) in [5.41, 5.74) is 8.17. The lowest BCUT2D eigenvalue weighted by atomic mass is 9.56. The van der Waals surface area contributed by atoms with Gasteiger partial charge in [-0.2, -0.15) is 0 Å². The molecule has 1 heterocycles. The summed E-state index contributed by atoms with van der Waals surface area (Å²) in [6.45, 7) is 7.62. The molecule has 0 saturated carbocycles.